The Morgan fingerprint density at radius 2 is 1.66 bits per heavy atom. The first-order chi connectivity index (χ1) is 20.8. The number of nitrogens with one attached hydrogen (secondary N) is 2. The number of hydrogen-bond acceptors (Lipinski definition) is 9. The quantitative estimate of drug-likeness (QED) is 0.187. The molecular weight excluding hydrogens is 587 g/mol. The maximum Gasteiger partial charge on any atom is 0.306 e. The molecule has 0 saturated carbocycles. The van der Waals surface area contributed by atoms with Crippen LogP contribution in [0.3, 0.4) is 0 Å². The van der Waals surface area contributed by atoms with Gasteiger partial charge in [0.15, 0.2) is 5.75 Å². The summed E-state index contributed by atoms with van der Waals surface area (Å²) in [5, 5.41) is 5.96. The second kappa shape index (κ2) is 13.5. The molecule has 0 radical (unpaired) electrons. The van der Waals surface area contributed by atoms with Crippen molar-refractivity contribution >= 4 is 45.1 Å². The number of amides is 2. The zero-order valence-corrected chi connectivity index (χ0v) is 25.4. The number of rotatable bonds is 12. The molecule has 0 unspecified atom stereocenters. The highest BCUT2D eigenvalue weighted by molar-refractivity contribution is 7.86. The van der Waals surface area contributed by atoms with Crippen molar-refractivity contribution in [3.8, 4) is 5.75 Å². The first kappa shape index (κ1) is 31.9. The molecule has 44 heavy (non-hydrogen) atoms. The van der Waals surface area contributed by atoms with Crippen molar-refractivity contribution in [2.75, 3.05) is 16.5 Å². The molecule has 0 aliphatic rings. The molecule has 0 spiro atoms. The molecule has 0 saturated heterocycles. The van der Waals surface area contributed by atoms with Crippen LogP contribution < -0.4 is 25.5 Å². The number of hydrogen-bond donors (Lipinski definition) is 3. The molecule has 0 fully saturated rings. The van der Waals surface area contributed by atoms with E-state index in [-0.39, 0.29) is 47.1 Å². The van der Waals surface area contributed by atoms with E-state index < -0.39 is 27.7 Å². The van der Waals surface area contributed by atoms with Crippen LogP contribution in [0.5, 0.6) is 5.75 Å². The standard InChI is InChI=1S/C31H33FN6O5S/c1-19(2)20(3)36-29-26(28(33)39)18-35-31(37-29)38(23-8-6-5-7-9-23)24-14-15-27(43-44(4,41)42)25(16-24)30(40)34-17-21-10-12-22(32)13-11-21/h5-16,18-20H,17H2,1-4H3,(H2,33,39)(H,34,40)(H,35,36,37)/t20-/m1/s1. The van der Waals surface area contributed by atoms with Crippen LogP contribution in [-0.4, -0.2) is 42.5 Å². The molecule has 230 valence electrons. The molecule has 4 N–H and O–H groups in total. The molecule has 3 aromatic carbocycles. The van der Waals surface area contributed by atoms with Crippen molar-refractivity contribution in [1.29, 1.82) is 0 Å². The van der Waals surface area contributed by atoms with Gasteiger partial charge >= 0.3 is 10.1 Å². The van der Waals surface area contributed by atoms with Gasteiger partial charge < -0.3 is 20.6 Å². The second-order valence-electron chi connectivity index (χ2n) is 10.4. The number of nitrogens with two attached hydrogens (primary N) is 1. The third kappa shape index (κ3) is 8.07. The van der Waals surface area contributed by atoms with E-state index in [1.165, 1.54) is 42.6 Å². The molecular formula is C31H33FN6O5S. The van der Waals surface area contributed by atoms with Crippen LogP contribution in [0.15, 0.2) is 79.0 Å². The summed E-state index contributed by atoms with van der Waals surface area (Å²) in [5.41, 5.74) is 7.26. The van der Waals surface area contributed by atoms with Crippen molar-refractivity contribution in [1.82, 2.24) is 15.3 Å². The van der Waals surface area contributed by atoms with E-state index in [4.69, 9.17) is 9.92 Å². The molecule has 0 bridgehead atoms. The van der Waals surface area contributed by atoms with Crippen molar-refractivity contribution < 1.29 is 26.6 Å². The lowest BCUT2D eigenvalue weighted by Gasteiger charge is -2.26. The van der Waals surface area contributed by atoms with Gasteiger partial charge in [-0.05, 0) is 60.9 Å². The summed E-state index contributed by atoms with van der Waals surface area (Å²) in [6, 6.07) is 18.9. The third-order valence-electron chi connectivity index (χ3n) is 6.69. The minimum absolute atomic E-state index is 0.0464. The maximum atomic E-state index is 13.4. The lowest BCUT2D eigenvalue weighted by atomic mass is 10.1. The Balaban J connectivity index is 1.82. The summed E-state index contributed by atoms with van der Waals surface area (Å²) in [4.78, 5) is 36.3. The van der Waals surface area contributed by atoms with E-state index in [9.17, 15) is 22.4 Å². The van der Waals surface area contributed by atoms with Gasteiger partial charge in [-0.25, -0.2) is 9.37 Å². The summed E-state index contributed by atoms with van der Waals surface area (Å²) in [6.45, 7) is 6.03. The van der Waals surface area contributed by atoms with Gasteiger partial charge in [0.05, 0.1) is 23.1 Å². The second-order valence-corrected chi connectivity index (χ2v) is 12.0. The lowest BCUT2D eigenvalue weighted by Crippen LogP contribution is -2.26. The first-order valence-electron chi connectivity index (χ1n) is 13.7. The topological polar surface area (TPSA) is 157 Å². The van der Waals surface area contributed by atoms with E-state index in [2.05, 4.69) is 20.6 Å². The van der Waals surface area contributed by atoms with Crippen molar-refractivity contribution in [3.63, 3.8) is 0 Å². The zero-order valence-electron chi connectivity index (χ0n) is 24.6. The Hall–Kier alpha value is -5.04. The van der Waals surface area contributed by atoms with E-state index >= 15 is 0 Å². The normalized spacial score (nSPS) is 12.0. The molecule has 0 aliphatic carbocycles. The number of primary amides is 1. The number of carbonyl (C=O) groups is 2. The highest BCUT2D eigenvalue weighted by Crippen LogP contribution is 2.36. The van der Waals surface area contributed by atoms with E-state index in [1.54, 1.807) is 35.2 Å². The highest BCUT2D eigenvalue weighted by Gasteiger charge is 2.24. The molecule has 2 amide bonds. The molecule has 0 aliphatic heterocycles. The van der Waals surface area contributed by atoms with Gasteiger partial charge in [-0.1, -0.05) is 44.2 Å². The number of aromatic nitrogens is 2. The van der Waals surface area contributed by atoms with Crippen LogP contribution in [0, 0.1) is 11.7 Å². The van der Waals surface area contributed by atoms with Crippen LogP contribution in [0.4, 0.5) is 27.5 Å². The summed E-state index contributed by atoms with van der Waals surface area (Å²) in [7, 11) is -3.99. The molecule has 13 heteroatoms. The summed E-state index contributed by atoms with van der Waals surface area (Å²) in [6.07, 6.45) is 2.20. The van der Waals surface area contributed by atoms with E-state index in [1.807, 2.05) is 26.8 Å². The van der Waals surface area contributed by atoms with Gasteiger partial charge in [0.1, 0.15) is 11.6 Å². The summed E-state index contributed by atoms with van der Waals surface area (Å²) < 4.78 is 42.6. The fourth-order valence-electron chi connectivity index (χ4n) is 4.06. The third-order valence-corrected chi connectivity index (χ3v) is 7.18. The van der Waals surface area contributed by atoms with Crippen molar-refractivity contribution in [2.45, 2.75) is 33.4 Å². The molecule has 11 nitrogen and oxygen atoms in total. The highest BCUT2D eigenvalue weighted by atomic mass is 32.2. The Bertz CT molecular complexity index is 1750. The average molecular weight is 621 g/mol. The fraction of sp³-hybridized carbons (Fsp3) is 0.226. The van der Waals surface area contributed by atoms with Crippen LogP contribution in [0.1, 0.15) is 47.1 Å². The van der Waals surface area contributed by atoms with Gasteiger partial charge in [0.2, 0.25) is 5.95 Å². The Morgan fingerprint density at radius 3 is 2.27 bits per heavy atom. The predicted molar refractivity (Wildman–Crippen MR) is 166 cm³/mol. The Kier molecular flexibility index (Phi) is 9.79. The van der Waals surface area contributed by atoms with Crippen LogP contribution >= 0.6 is 0 Å². The van der Waals surface area contributed by atoms with Gasteiger partial charge in [-0.15, -0.1) is 0 Å². The van der Waals surface area contributed by atoms with Gasteiger partial charge in [-0.3, -0.25) is 14.5 Å². The zero-order chi connectivity index (χ0) is 32.0. The number of carbonyl (C=O) groups excluding carboxylic acids is 2. The Labute approximate surface area is 255 Å². The van der Waals surface area contributed by atoms with E-state index in [0.717, 1.165) is 6.26 Å². The largest absolute Gasteiger partial charge is 0.382 e. The van der Waals surface area contributed by atoms with Gasteiger partial charge in [-0.2, -0.15) is 13.4 Å². The summed E-state index contributed by atoms with van der Waals surface area (Å²) >= 11 is 0. The maximum absolute atomic E-state index is 13.4. The minimum Gasteiger partial charge on any atom is -0.382 e. The number of para-hydroxylation sites is 1. The molecule has 1 heterocycles. The first-order valence-corrected chi connectivity index (χ1v) is 15.5. The number of halogens is 1. The lowest BCUT2D eigenvalue weighted by molar-refractivity contribution is 0.0948. The molecule has 4 rings (SSSR count). The van der Waals surface area contributed by atoms with Crippen LogP contribution in [0.25, 0.3) is 0 Å². The van der Waals surface area contributed by atoms with Gasteiger partial charge in [0.25, 0.3) is 11.8 Å². The fourth-order valence-corrected chi connectivity index (χ4v) is 4.53. The molecule has 1 atom stereocenters. The molecule has 1 aromatic heterocycles. The van der Waals surface area contributed by atoms with Crippen LogP contribution in [-0.2, 0) is 16.7 Å². The predicted octanol–water partition coefficient (Wildman–Crippen LogP) is 4.91. The number of benzene rings is 3. The Morgan fingerprint density at radius 1 is 0.977 bits per heavy atom. The number of anilines is 4. The molecule has 4 aromatic rings. The van der Waals surface area contributed by atoms with Crippen molar-refractivity contribution in [3.05, 3.63) is 102 Å². The monoisotopic (exact) mass is 620 g/mol. The van der Waals surface area contributed by atoms with Crippen molar-refractivity contribution in [2.24, 2.45) is 11.7 Å². The van der Waals surface area contributed by atoms with E-state index in [0.29, 0.717) is 16.9 Å². The average Bonchev–Trinajstić information content (AvgIpc) is 2.97. The number of nitrogens with zero attached hydrogens (tertiary/aromatic N) is 3. The van der Waals surface area contributed by atoms with Gasteiger partial charge in [0, 0.05) is 24.5 Å². The smallest absolute Gasteiger partial charge is 0.306 e. The van der Waals surface area contributed by atoms with Crippen LogP contribution in [0.2, 0.25) is 0 Å². The summed E-state index contributed by atoms with van der Waals surface area (Å²) in [5.74, 6) is -1.37. The SMILES string of the molecule is CC(C)[C@@H](C)Nc1nc(N(c2ccccc2)c2ccc(OS(C)(=O)=O)c(C(=O)NCc3ccc(F)cc3)c2)ncc1C(N)=O. The minimum atomic E-state index is -3.99.